The summed E-state index contributed by atoms with van der Waals surface area (Å²) >= 11 is 0. The van der Waals surface area contributed by atoms with Gasteiger partial charge in [-0.1, -0.05) is 18.2 Å². The minimum Gasteiger partial charge on any atom is -1.00 e. The highest BCUT2D eigenvalue weighted by atomic mass is 79.9. The molecule has 0 N–H and O–H groups in total. The van der Waals surface area contributed by atoms with Crippen LogP contribution in [-0.4, -0.2) is 0 Å². The fourth-order valence-corrected chi connectivity index (χ4v) is 4.56. The Morgan fingerprint density at radius 1 is 0.386 bits per heavy atom. The zero-order valence-corrected chi connectivity index (χ0v) is 24.9. The fourth-order valence-electron chi connectivity index (χ4n) is 4.56. The van der Waals surface area contributed by atoms with E-state index in [0.29, 0.717) is 11.1 Å². The first-order valence-electron chi connectivity index (χ1n) is 12.1. The van der Waals surface area contributed by atoms with Gasteiger partial charge in [0.15, 0.2) is 72.0 Å². The lowest BCUT2D eigenvalue weighted by molar-refractivity contribution is -0.678. The number of aromatic nitrogens is 2. The summed E-state index contributed by atoms with van der Waals surface area (Å²) in [6.07, 6.45) is 2.74. The second-order valence-electron chi connectivity index (χ2n) is 9.14. The Kier molecular flexibility index (Phi) is 11.0. The van der Waals surface area contributed by atoms with Crippen molar-refractivity contribution < 1.29 is 87.0 Å². The first kappa shape index (κ1) is 34.7. The quantitative estimate of drug-likeness (QED) is 0.106. The van der Waals surface area contributed by atoms with Crippen molar-refractivity contribution in [2.45, 2.75) is 13.1 Å². The molecule has 0 aliphatic heterocycles. The van der Waals surface area contributed by atoms with E-state index in [0.717, 1.165) is 0 Å². The van der Waals surface area contributed by atoms with Crippen LogP contribution in [0.25, 0.3) is 22.5 Å². The average molecular weight is 754 g/mol. The van der Waals surface area contributed by atoms with Crippen LogP contribution in [0.15, 0.2) is 73.1 Å². The summed E-state index contributed by atoms with van der Waals surface area (Å²) in [5.41, 5.74) is -1.86. The molecule has 0 atom stereocenters. The minimum atomic E-state index is -2.28. The Hall–Kier alpha value is -3.78. The standard InChI is InChI=1S/C30H16F10N2.2BrH/c31-21-19(22(32)26(36)29(39)25(21)35)17-8-1-3-10-41(17)13-15-6-5-7-16(12-15)14-42-11-4-2-9-18(42)20-23(33)27(37)30(40)28(38)24(20)34;;/h1-12H,13-14H2;2*1H/q+2;;/p-2. The van der Waals surface area contributed by atoms with E-state index in [1.165, 1.54) is 57.9 Å². The molecule has 5 aromatic rings. The molecular weight excluding hydrogens is 738 g/mol. The molecule has 3 aromatic carbocycles. The molecule has 2 nitrogen and oxygen atoms in total. The lowest BCUT2D eigenvalue weighted by atomic mass is 10.1. The van der Waals surface area contributed by atoms with Crippen LogP contribution in [-0.2, 0) is 13.1 Å². The number of nitrogens with zero attached hydrogens (tertiary/aromatic N) is 2. The maximum absolute atomic E-state index is 14.6. The highest BCUT2D eigenvalue weighted by Gasteiger charge is 2.32. The summed E-state index contributed by atoms with van der Waals surface area (Å²) in [4.78, 5) is 0. The summed E-state index contributed by atoms with van der Waals surface area (Å²) in [5.74, 6) is -20.9. The van der Waals surface area contributed by atoms with Crippen LogP contribution < -0.4 is 43.1 Å². The molecule has 0 aliphatic rings. The first-order chi connectivity index (χ1) is 20.0. The van der Waals surface area contributed by atoms with Gasteiger partial charge in [-0.25, -0.2) is 43.9 Å². The molecule has 14 heteroatoms. The van der Waals surface area contributed by atoms with Crippen molar-refractivity contribution in [3.8, 4) is 22.5 Å². The third-order valence-corrected chi connectivity index (χ3v) is 6.51. The maximum atomic E-state index is 14.6. The fraction of sp³-hybridized carbons (Fsp3) is 0.0667. The molecule has 0 saturated carbocycles. The van der Waals surface area contributed by atoms with Gasteiger partial charge >= 0.3 is 0 Å². The third kappa shape index (κ3) is 6.23. The highest BCUT2D eigenvalue weighted by molar-refractivity contribution is 5.59. The Balaban J connectivity index is 0.00000264. The lowest BCUT2D eigenvalue weighted by Gasteiger charge is -2.10. The molecule has 0 saturated heterocycles. The van der Waals surface area contributed by atoms with E-state index in [4.69, 9.17) is 0 Å². The number of hydrogen-bond acceptors (Lipinski definition) is 0. The molecular formula is C30H16Br2F10N2. The van der Waals surface area contributed by atoms with Crippen molar-refractivity contribution in [1.82, 2.24) is 0 Å². The molecule has 230 valence electrons. The molecule has 0 aliphatic carbocycles. The van der Waals surface area contributed by atoms with Gasteiger partial charge in [-0.3, -0.25) is 0 Å². The predicted octanol–water partition coefficient (Wildman–Crippen LogP) is 1.09. The van der Waals surface area contributed by atoms with Crippen LogP contribution in [0.5, 0.6) is 0 Å². The smallest absolute Gasteiger partial charge is 0.218 e. The topological polar surface area (TPSA) is 7.76 Å². The second kappa shape index (κ2) is 13.9. The van der Waals surface area contributed by atoms with E-state index in [1.54, 1.807) is 24.3 Å². The normalized spacial score (nSPS) is 10.8. The molecule has 0 unspecified atom stereocenters. The van der Waals surface area contributed by atoms with E-state index in [2.05, 4.69) is 0 Å². The van der Waals surface area contributed by atoms with Gasteiger partial charge in [-0.05, 0) is 18.2 Å². The summed E-state index contributed by atoms with van der Waals surface area (Å²) in [6, 6.07) is 14.4. The largest absolute Gasteiger partial charge is 1.00 e. The van der Waals surface area contributed by atoms with Gasteiger partial charge in [0.05, 0.1) is 0 Å². The van der Waals surface area contributed by atoms with Gasteiger partial charge in [0, 0.05) is 35.4 Å². The molecule has 0 radical (unpaired) electrons. The van der Waals surface area contributed by atoms with Gasteiger partial charge in [-0.2, -0.15) is 9.13 Å². The first-order valence-corrected chi connectivity index (χ1v) is 12.1. The Bertz CT molecular complexity index is 1680. The number of pyridine rings is 2. The summed E-state index contributed by atoms with van der Waals surface area (Å²) in [5, 5.41) is 0. The second-order valence-corrected chi connectivity index (χ2v) is 9.14. The molecule has 0 spiro atoms. The Morgan fingerprint density at radius 2 is 0.705 bits per heavy atom. The van der Waals surface area contributed by atoms with Crippen LogP contribution in [0.3, 0.4) is 0 Å². The summed E-state index contributed by atoms with van der Waals surface area (Å²) in [6.45, 7) is -0.207. The third-order valence-electron chi connectivity index (χ3n) is 6.51. The van der Waals surface area contributed by atoms with Crippen molar-refractivity contribution >= 4 is 0 Å². The zero-order valence-electron chi connectivity index (χ0n) is 21.8. The van der Waals surface area contributed by atoms with E-state index >= 15 is 0 Å². The van der Waals surface area contributed by atoms with Crippen molar-refractivity contribution in [2.24, 2.45) is 0 Å². The average Bonchev–Trinajstić information content (AvgIpc) is 2.99. The van der Waals surface area contributed by atoms with Gasteiger partial charge in [-0.15, -0.1) is 0 Å². The highest BCUT2D eigenvalue weighted by Crippen LogP contribution is 2.31. The van der Waals surface area contributed by atoms with Crippen LogP contribution >= 0.6 is 0 Å². The van der Waals surface area contributed by atoms with Gasteiger partial charge < -0.3 is 34.0 Å². The SMILES string of the molecule is Fc1c(F)c(F)c(-c2cccc[n+]2Cc2cccc(C[n+]3ccccc3-c3c(F)c(F)c(F)c(F)c3F)c2)c(F)c1F.[Br-].[Br-]. The van der Waals surface area contributed by atoms with Crippen molar-refractivity contribution in [1.29, 1.82) is 0 Å². The Morgan fingerprint density at radius 3 is 1.05 bits per heavy atom. The number of halogens is 12. The van der Waals surface area contributed by atoms with Crippen LogP contribution in [0.4, 0.5) is 43.9 Å². The molecule has 44 heavy (non-hydrogen) atoms. The lowest BCUT2D eigenvalue weighted by Crippen LogP contribution is -3.00. The molecule has 0 amide bonds. The molecule has 0 fully saturated rings. The van der Waals surface area contributed by atoms with Gasteiger partial charge in [0.2, 0.25) is 23.0 Å². The van der Waals surface area contributed by atoms with Crippen LogP contribution in [0.1, 0.15) is 11.1 Å². The van der Waals surface area contributed by atoms with Crippen molar-refractivity contribution in [2.75, 3.05) is 0 Å². The van der Waals surface area contributed by atoms with E-state index in [1.807, 2.05) is 0 Å². The van der Waals surface area contributed by atoms with E-state index in [-0.39, 0.29) is 58.4 Å². The summed E-state index contributed by atoms with van der Waals surface area (Å²) in [7, 11) is 0. The van der Waals surface area contributed by atoms with Crippen molar-refractivity contribution in [3.05, 3.63) is 142 Å². The number of benzene rings is 3. The van der Waals surface area contributed by atoms with Crippen LogP contribution in [0, 0.1) is 58.2 Å². The number of hydrogen-bond donors (Lipinski definition) is 0. The molecule has 2 aromatic heterocycles. The minimum absolute atomic E-state index is 0. The number of rotatable bonds is 6. The molecule has 0 bridgehead atoms. The maximum Gasteiger partial charge on any atom is 0.218 e. The van der Waals surface area contributed by atoms with E-state index in [9.17, 15) is 43.9 Å². The Labute approximate surface area is 264 Å². The molecule has 2 heterocycles. The van der Waals surface area contributed by atoms with Gasteiger partial charge in [0.1, 0.15) is 11.1 Å². The molecule has 5 rings (SSSR count). The van der Waals surface area contributed by atoms with Crippen LogP contribution in [0.2, 0.25) is 0 Å². The van der Waals surface area contributed by atoms with Crippen molar-refractivity contribution in [3.63, 3.8) is 0 Å². The zero-order chi connectivity index (χ0) is 30.3. The monoisotopic (exact) mass is 752 g/mol. The summed E-state index contributed by atoms with van der Waals surface area (Å²) < 4.78 is 144. The predicted molar refractivity (Wildman–Crippen MR) is 128 cm³/mol. The van der Waals surface area contributed by atoms with Gasteiger partial charge in [0.25, 0.3) is 0 Å². The van der Waals surface area contributed by atoms with E-state index < -0.39 is 69.3 Å².